The lowest BCUT2D eigenvalue weighted by molar-refractivity contribution is -0.731. The van der Waals surface area contributed by atoms with Gasteiger partial charge in [-0.05, 0) is 48.5 Å². The molecular formula is C24H22BrN2O4+. The zero-order valence-electron chi connectivity index (χ0n) is 16.8. The first-order valence-electron chi connectivity index (χ1n) is 9.97. The number of halogens is 1. The third kappa shape index (κ3) is 3.82. The maximum absolute atomic E-state index is 10.5. The molecule has 3 aromatic rings. The summed E-state index contributed by atoms with van der Waals surface area (Å²) in [5.74, 6) is 2.53. The van der Waals surface area contributed by atoms with Crippen LogP contribution >= 0.6 is 15.9 Å². The van der Waals surface area contributed by atoms with Gasteiger partial charge in [-0.2, -0.15) is 0 Å². The summed E-state index contributed by atoms with van der Waals surface area (Å²) in [6.45, 7) is 0.234. The molecule has 2 atom stereocenters. The lowest BCUT2D eigenvalue weighted by atomic mass is 9.97. The second-order valence-electron chi connectivity index (χ2n) is 7.43. The molecule has 0 bridgehead atoms. The maximum Gasteiger partial charge on any atom is 0.231 e. The number of phenols is 1. The van der Waals surface area contributed by atoms with Crippen LogP contribution in [0.5, 0.6) is 23.0 Å². The van der Waals surface area contributed by atoms with E-state index in [0.29, 0.717) is 0 Å². The molecular weight excluding hydrogens is 460 g/mol. The Morgan fingerprint density at radius 3 is 2.71 bits per heavy atom. The van der Waals surface area contributed by atoms with E-state index in [1.54, 1.807) is 13.2 Å². The van der Waals surface area contributed by atoms with Crippen LogP contribution in [-0.4, -0.2) is 19.0 Å². The molecule has 2 aliphatic rings. The number of methoxy groups -OCH3 is 1. The standard InChI is InChI=1S/C24H21BrN2O4/c1-29-21-9-7-15(25)11-17(21)24-26-18(14-6-8-22-23(10-14)31-13-30-22)12-19(27-24)16-4-2-3-5-20(16)28/h2-12,19,24,26-28H,13H2,1H3/p+1. The highest BCUT2D eigenvalue weighted by Gasteiger charge is 2.31. The van der Waals surface area contributed by atoms with Gasteiger partial charge in [0.05, 0.1) is 18.2 Å². The number of hydrogen-bond acceptors (Lipinski definition) is 5. The predicted octanol–water partition coefficient (Wildman–Crippen LogP) is 3.84. The van der Waals surface area contributed by atoms with Gasteiger partial charge in [0.25, 0.3) is 0 Å². The van der Waals surface area contributed by atoms with Gasteiger partial charge < -0.3 is 30.0 Å². The summed E-state index contributed by atoms with van der Waals surface area (Å²) in [6.07, 6.45) is 1.98. The van der Waals surface area contributed by atoms with Gasteiger partial charge in [-0.1, -0.05) is 28.1 Å². The van der Waals surface area contributed by atoms with Crippen LogP contribution in [0.1, 0.15) is 28.9 Å². The van der Waals surface area contributed by atoms with E-state index >= 15 is 0 Å². The van der Waals surface area contributed by atoms with Gasteiger partial charge in [0, 0.05) is 21.8 Å². The van der Waals surface area contributed by atoms with E-state index in [2.05, 4.69) is 38.7 Å². The van der Waals surface area contributed by atoms with Crippen molar-refractivity contribution in [2.45, 2.75) is 12.2 Å². The van der Waals surface area contributed by atoms with E-state index in [4.69, 9.17) is 14.2 Å². The van der Waals surface area contributed by atoms with Crippen molar-refractivity contribution in [1.29, 1.82) is 0 Å². The van der Waals surface area contributed by atoms with Gasteiger partial charge in [-0.25, -0.2) is 0 Å². The summed E-state index contributed by atoms with van der Waals surface area (Å²) in [4.78, 5) is 0. The summed E-state index contributed by atoms with van der Waals surface area (Å²) in [7, 11) is 1.67. The highest BCUT2D eigenvalue weighted by atomic mass is 79.9. The number of phenolic OH excluding ortho intramolecular Hbond substituents is 1. The summed E-state index contributed by atoms with van der Waals surface area (Å²) < 4.78 is 17.6. The van der Waals surface area contributed by atoms with E-state index < -0.39 is 0 Å². The molecule has 0 saturated heterocycles. The van der Waals surface area contributed by atoms with Crippen LogP contribution in [-0.2, 0) is 0 Å². The Bertz CT molecular complexity index is 1160. The summed E-state index contributed by atoms with van der Waals surface area (Å²) >= 11 is 3.58. The van der Waals surface area contributed by atoms with Crippen molar-refractivity contribution in [3.8, 4) is 23.0 Å². The normalized spacial score (nSPS) is 19.5. The van der Waals surface area contributed by atoms with Gasteiger partial charge in [-0.15, -0.1) is 0 Å². The lowest BCUT2D eigenvalue weighted by Gasteiger charge is -2.30. The minimum absolute atomic E-state index is 0.100. The van der Waals surface area contributed by atoms with Crippen LogP contribution in [0.15, 0.2) is 71.2 Å². The number of rotatable bonds is 4. The number of fused-ring (bicyclic) bond motifs is 1. The zero-order valence-corrected chi connectivity index (χ0v) is 18.4. The lowest BCUT2D eigenvalue weighted by Crippen LogP contribution is -2.89. The fourth-order valence-corrected chi connectivity index (χ4v) is 4.42. The first-order valence-corrected chi connectivity index (χ1v) is 10.8. The highest BCUT2D eigenvalue weighted by molar-refractivity contribution is 9.10. The number of hydrogen-bond donors (Lipinski definition) is 3. The fourth-order valence-electron chi connectivity index (χ4n) is 4.04. The number of ether oxygens (including phenoxy) is 3. The highest BCUT2D eigenvalue weighted by Crippen LogP contribution is 2.37. The van der Waals surface area contributed by atoms with Gasteiger partial charge in [0.2, 0.25) is 6.79 Å². The third-order valence-electron chi connectivity index (χ3n) is 5.56. The molecule has 2 heterocycles. The minimum atomic E-state index is -0.137. The molecule has 2 unspecified atom stereocenters. The fraction of sp³-hybridized carbons (Fsp3) is 0.167. The second kappa shape index (κ2) is 8.17. The van der Waals surface area contributed by atoms with Crippen molar-refractivity contribution >= 4 is 21.6 Å². The van der Waals surface area contributed by atoms with Crippen LogP contribution in [0.3, 0.4) is 0 Å². The van der Waals surface area contributed by atoms with Gasteiger partial charge in [-0.3, -0.25) is 0 Å². The molecule has 158 valence electrons. The molecule has 0 fully saturated rings. The molecule has 0 aliphatic carbocycles. The average Bonchev–Trinajstić information content (AvgIpc) is 3.27. The van der Waals surface area contributed by atoms with Crippen LogP contribution < -0.4 is 24.8 Å². The van der Waals surface area contributed by atoms with Crippen molar-refractivity contribution in [1.82, 2.24) is 5.32 Å². The Kier molecular flexibility index (Phi) is 5.21. The van der Waals surface area contributed by atoms with Gasteiger partial charge in [0.15, 0.2) is 17.7 Å². The van der Waals surface area contributed by atoms with Crippen LogP contribution in [0.25, 0.3) is 5.70 Å². The average molecular weight is 482 g/mol. The monoisotopic (exact) mass is 481 g/mol. The Hall–Kier alpha value is -3.16. The number of para-hydroxylation sites is 1. The molecule has 31 heavy (non-hydrogen) atoms. The predicted molar refractivity (Wildman–Crippen MR) is 120 cm³/mol. The van der Waals surface area contributed by atoms with Crippen LogP contribution in [0, 0.1) is 0 Å². The minimum Gasteiger partial charge on any atom is -0.507 e. The van der Waals surface area contributed by atoms with E-state index in [9.17, 15) is 5.11 Å². The van der Waals surface area contributed by atoms with E-state index in [0.717, 1.165) is 44.1 Å². The number of nitrogens with two attached hydrogens (primary N) is 1. The molecule has 4 N–H and O–H groups in total. The van der Waals surface area contributed by atoms with Crippen molar-refractivity contribution in [2.75, 3.05) is 13.9 Å². The molecule has 0 saturated carbocycles. The summed E-state index contributed by atoms with van der Waals surface area (Å²) in [6, 6.07) is 19.2. The molecule has 0 amide bonds. The smallest absolute Gasteiger partial charge is 0.231 e. The molecule has 7 heteroatoms. The molecule has 0 radical (unpaired) electrons. The quantitative estimate of drug-likeness (QED) is 0.527. The van der Waals surface area contributed by atoms with Crippen molar-refractivity contribution in [2.24, 2.45) is 0 Å². The maximum atomic E-state index is 10.5. The van der Waals surface area contributed by atoms with Crippen LogP contribution in [0.4, 0.5) is 0 Å². The van der Waals surface area contributed by atoms with Crippen molar-refractivity contribution < 1.29 is 24.6 Å². The first kappa shape index (κ1) is 19.8. The Balaban J connectivity index is 1.59. The number of benzene rings is 3. The molecule has 3 aromatic carbocycles. The molecule has 0 aromatic heterocycles. The topological polar surface area (TPSA) is 76.6 Å². The first-order chi connectivity index (χ1) is 15.1. The number of nitrogens with one attached hydrogen (secondary N) is 1. The van der Waals surface area contributed by atoms with E-state index in [1.807, 2.05) is 48.5 Å². The van der Waals surface area contributed by atoms with Gasteiger partial charge >= 0.3 is 0 Å². The molecule has 5 rings (SSSR count). The number of aromatic hydroxyl groups is 1. The van der Waals surface area contributed by atoms with Gasteiger partial charge in [0.1, 0.15) is 17.5 Å². The number of quaternary nitrogens is 1. The molecule has 2 aliphatic heterocycles. The van der Waals surface area contributed by atoms with E-state index in [1.165, 1.54) is 0 Å². The molecule has 0 spiro atoms. The Morgan fingerprint density at radius 2 is 1.87 bits per heavy atom. The summed E-state index contributed by atoms with van der Waals surface area (Å²) in [5, 5.41) is 16.3. The summed E-state index contributed by atoms with van der Waals surface area (Å²) in [5.41, 5.74) is 3.78. The van der Waals surface area contributed by atoms with E-state index in [-0.39, 0.29) is 24.8 Å². The van der Waals surface area contributed by atoms with Crippen molar-refractivity contribution in [3.05, 3.63) is 87.9 Å². The van der Waals surface area contributed by atoms with Crippen LogP contribution in [0.2, 0.25) is 0 Å². The largest absolute Gasteiger partial charge is 0.507 e. The van der Waals surface area contributed by atoms with Crippen molar-refractivity contribution in [3.63, 3.8) is 0 Å². The SMILES string of the molecule is COc1ccc(Br)cc1C1NC(c2ccc3c(c2)OCO3)=CC(c2ccccc2O)[NH2+]1. The Labute approximate surface area is 188 Å². The zero-order chi connectivity index (χ0) is 21.4. The molecule has 6 nitrogen and oxygen atoms in total. The third-order valence-corrected chi connectivity index (χ3v) is 6.06. The Morgan fingerprint density at radius 1 is 1.03 bits per heavy atom. The second-order valence-corrected chi connectivity index (χ2v) is 8.35.